The first-order valence-electron chi connectivity index (χ1n) is 10.7. The smallest absolute Gasteiger partial charge is 0.405 e. The van der Waals surface area contributed by atoms with Gasteiger partial charge in [0.1, 0.15) is 35.8 Å². The number of hydrogen-bond donors (Lipinski definition) is 2. The minimum Gasteiger partial charge on any atom is -0.481 e. The lowest BCUT2D eigenvalue weighted by Crippen LogP contribution is -2.36. The summed E-state index contributed by atoms with van der Waals surface area (Å²) >= 11 is 0. The first-order chi connectivity index (χ1) is 17.2. The highest BCUT2D eigenvalue weighted by atomic mass is 19.4. The largest absolute Gasteiger partial charge is 0.481 e. The predicted octanol–water partition coefficient (Wildman–Crippen LogP) is 4.20. The van der Waals surface area contributed by atoms with Gasteiger partial charge in [0.15, 0.2) is 6.61 Å². The number of anilines is 1. The maximum atomic E-state index is 13.5. The lowest BCUT2D eigenvalue weighted by molar-refractivity contribution is -0.139. The average Bonchev–Trinajstić information content (AvgIpc) is 2.85. The average molecular weight is 500 g/mol. The molecule has 2 aromatic carbocycles. The van der Waals surface area contributed by atoms with E-state index < -0.39 is 31.1 Å². The fourth-order valence-corrected chi connectivity index (χ4v) is 3.28. The molecule has 0 radical (unpaired) electrons. The number of nitrogens with zero attached hydrogens (tertiary/aromatic N) is 4. The molecule has 0 spiro atoms. The highest BCUT2D eigenvalue weighted by Gasteiger charge is 2.27. The van der Waals surface area contributed by atoms with E-state index in [1.165, 1.54) is 18.5 Å². The van der Waals surface area contributed by atoms with E-state index in [4.69, 9.17) is 4.74 Å². The Morgan fingerprint density at radius 3 is 2.47 bits per heavy atom. The molecule has 2 N–H and O–H groups in total. The predicted molar refractivity (Wildman–Crippen MR) is 124 cm³/mol. The molecule has 1 amide bonds. The molecule has 2 heterocycles. The van der Waals surface area contributed by atoms with Gasteiger partial charge < -0.3 is 15.4 Å². The molecule has 0 saturated carbocycles. The third-order valence-corrected chi connectivity index (χ3v) is 5.02. The molecule has 4 rings (SSSR count). The van der Waals surface area contributed by atoms with Crippen LogP contribution in [0.25, 0.3) is 22.0 Å². The van der Waals surface area contributed by atoms with Crippen LogP contribution in [-0.4, -0.2) is 45.4 Å². The number of fused-ring (bicyclic) bond motifs is 1. The van der Waals surface area contributed by atoms with Crippen molar-refractivity contribution in [1.29, 1.82) is 0 Å². The maximum Gasteiger partial charge on any atom is 0.405 e. The number of halogens is 4. The molecule has 0 aliphatic carbocycles. The van der Waals surface area contributed by atoms with E-state index in [-0.39, 0.29) is 5.75 Å². The van der Waals surface area contributed by atoms with Crippen molar-refractivity contribution >= 4 is 22.6 Å². The second kappa shape index (κ2) is 10.5. The zero-order valence-electron chi connectivity index (χ0n) is 18.9. The van der Waals surface area contributed by atoms with E-state index in [1.807, 2.05) is 19.1 Å². The summed E-state index contributed by atoms with van der Waals surface area (Å²) in [5.41, 5.74) is 3.01. The molecule has 0 unspecified atom stereocenters. The van der Waals surface area contributed by atoms with Crippen molar-refractivity contribution in [1.82, 2.24) is 25.5 Å². The van der Waals surface area contributed by atoms with Gasteiger partial charge in [0.2, 0.25) is 0 Å². The van der Waals surface area contributed by atoms with Crippen LogP contribution in [0.15, 0.2) is 54.9 Å². The Bertz CT molecular complexity index is 1360. The van der Waals surface area contributed by atoms with Gasteiger partial charge in [-0.1, -0.05) is 12.1 Å². The minimum atomic E-state index is -4.54. The van der Waals surface area contributed by atoms with Crippen LogP contribution in [-0.2, 0) is 11.3 Å². The van der Waals surface area contributed by atoms with Crippen LogP contribution in [0.1, 0.15) is 11.4 Å². The van der Waals surface area contributed by atoms with Gasteiger partial charge in [-0.2, -0.15) is 23.4 Å². The lowest BCUT2D eigenvalue weighted by Gasteiger charge is -2.14. The van der Waals surface area contributed by atoms with Gasteiger partial charge in [0.05, 0.1) is 17.9 Å². The molecular weight excluding hydrogens is 480 g/mol. The van der Waals surface area contributed by atoms with Crippen LogP contribution in [0.2, 0.25) is 0 Å². The van der Waals surface area contributed by atoms with Crippen LogP contribution in [0.5, 0.6) is 5.75 Å². The van der Waals surface area contributed by atoms with Crippen molar-refractivity contribution in [3.05, 3.63) is 72.1 Å². The normalized spacial score (nSPS) is 11.4. The number of rotatable bonds is 8. The van der Waals surface area contributed by atoms with Crippen LogP contribution >= 0.6 is 0 Å². The molecule has 8 nitrogen and oxygen atoms in total. The van der Waals surface area contributed by atoms with Gasteiger partial charge in [-0.25, -0.2) is 14.4 Å². The summed E-state index contributed by atoms with van der Waals surface area (Å²) < 4.78 is 56.2. The molecule has 0 aliphatic heterocycles. The Kier molecular flexibility index (Phi) is 7.23. The summed E-state index contributed by atoms with van der Waals surface area (Å²) in [6.07, 6.45) is -3.25. The summed E-state index contributed by atoms with van der Waals surface area (Å²) in [7, 11) is 0. The summed E-state index contributed by atoms with van der Waals surface area (Å²) in [6, 6.07) is 12.7. The number of benzene rings is 2. The summed E-state index contributed by atoms with van der Waals surface area (Å²) in [4.78, 5) is 20.4. The van der Waals surface area contributed by atoms with Crippen LogP contribution in [0, 0.1) is 12.7 Å². The second-order valence-corrected chi connectivity index (χ2v) is 7.80. The minimum absolute atomic E-state index is 0.148. The summed E-state index contributed by atoms with van der Waals surface area (Å²) in [5, 5.41) is 13.6. The molecule has 12 heteroatoms. The van der Waals surface area contributed by atoms with E-state index in [0.29, 0.717) is 40.1 Å². The van der Waals surface area contributed by atoms with E-state index in [0.717, 1.165) is 5.69 Å². The van der Waals surface area contributed by atoms with Gasteiger partial charge in [0.25, 0.3) is 5.91 Å². The topological polar surface area (TPSA) is 102 Å². The summed E-state index contributed by atoms with van der Waals surface area (Å²) in [5.74, 6) is -0.785. The number of alkyl halides is 3. The molecule has 186 valence electrons. The van der Waals surface area contributed by atoms with Crippen LogP contribution < -0.4 is 15.4 Å². The quantitative estimate of drug-likeness (QED) is 0.350. The van der Waals surface area contributed by atoms with Crippen molar-refractivity contribution in [2.45, 2.75) is 19.6 Å². The van der Waals surface area contributed by atoms with E-state index in [1.54, 1.807) is 29.6 Å². The van der Waals surface area contributed by atoms with Gasteiger partial charge in [0, 0.05) is 5.39 Å². The summed E-state index contributed by atoms with van der Waals surface area (Å²) in [6.45, 7) is -0.00623. The molecule has 0 atom stereocenters. The number of carbonyl (C=O) groups is 1. The first-order valence-corrected chi connectivity index (χ1v) is 10.7. The fraction of sp³-hybridized carbons (Fsp3) is 0.208. The van der Waals surface area contributed by atoms with E-state index >= 15 is 0 Å². The highest BCUT2D eigenvalue weighted by Crippen LogP contribution is 2.34. The van der Waals surface area contributed by atoms with Gasteiger partial charge in [-0.3, -0.25) is 4.79 Å². The van der Waals surface area contributed by atoms with E-state index in [2.05, 4.69) is 25.5 Å². The van der Waals surface area contributed by atoms with Crippen molar-refractivity contribution in [2.75, 3.05) is 18.5 Å². The molecule has 4 aromatic rings. The molecule has 36 heavy (non-hydrogen) atoms. The van der Waals surface area contributed by atoms with Crippen molar-refractivity contribution in [3.63, 3.8) is 0 Å². The van der Waals surface area contributed by atoms with Crippen molar-refractivity contribution in [2.24, 2.45) is 0 Å². The third-order valence-electron chi connectivity index (χ3n) is 5.02. The molecule has 2 aromatic heterocycles. The number of ether oxygens (including phenoxy) is 1. The third kappa shape index (κ3) is 6.40. The Hall–Kier alpha value is -4.35. The zero-order valence-corrected chi connectivity index (χ0v) is 18.9. The highest BCUT2D eigenvalue weighted by molar-refractivity contribution is 5.96. The lowest BCUT2D eigenvalue weighted by atomic mass is 10.0. The zero-order chi connectivity index (χ0) is 25.7. The monoisotopic (exact) mass is 500 g/mol. The standard InChI is InChI=1S/C24H20F4N6O2/c1-14-2-7-18(34-33-14)10-29-23-19-8-16(15-3-5-17(25)6-4-15)9-20(22(19)31-13-32-23)36-11-21(35)30-12-24(26,27)28/h2-9,13H,10-12H2,1H3,(H,30,35)(H,29,31,32). The fourth-order valence-electron chi connectivity index (χ4n) is 3.28. The Morgan fingerprint density at radius 1 is 1.00 bits per heavy atom. The second-order valence-electron chi connectivity index (χ2n) is 7.80. The van der Waals surface area contributed by atoms with Crippen LogP contribution in [0.4, 0.5) is 23.4 Å². The molecule has 0 fully saturated rings. The number of hydrogen-bond acceptors (Lipinski definition) is 7. The number of nitrogens with one attached hydrogen (secondary N) is 2. The van der Waals surface area contributed by atoms with Crippen molar-refractivity contribution in [3.8, 4) is 16.9 Å². The molecule has 0 aliphatic rings. The SMILES string of the molecule is Cc1ccc(CNc2ncnc3c(OCC(=O)NCC(F)(F)F)cc(-c4ccc(F)cc4)cc23)nn1. The van der Waals surface area contributed by atoms with Gasteiger partial charge in [-0.15, -0.1) is 0 Å². The molecular formula is C24H20F4N6O2. The molecule has 0 bridgehead atoms. The van der Waals surface area contributed by atoms with Crippen molar-refractivity contribution < 1.29 is 27.1 Å². The van der Waals surface area contributed by atoms with Gasteiger partial charge in [-0.05, 0) is 54.4 Å². The van der Waals surface area contributed by atoms with E-state index in [9.17, 15) is 22.4 Å². The first kappa shape index (κ1) is 24.8. The number of aromatic nitrogens is 4. The molecule has 0 saturated heterocycles. The Labute approximate surface area is 202 Å². The van der Waals surface area contributed by atoms with Gasteiger partial charge >= 0.3 is 6.18 Å². The Balaban J connectivity index is 1.66. The number of aryl methyl sites for hydroxylation is 1. The Morgan fingerprint density at radius 2 is 1.78 bits per heavy atom. The number of amides is 1. The van der Waals surface area contributed by atoms with Crippen LogP contribution in [0.3, 0.4) is 0 Å². The maximum absolute atomic E-state index is 13.5. The number of carbonyl (C=O) groups excluding carboxylic acids is 1.